The lowest BCUT2D eigenvalue weighted by molar-refractivity contribution is -0.128. The smallest absolute Gasteiger partial charge is 0.348 e. The Kier molecular flexibility index (Phi) is 14.3. The van der Waals surface area contributed by atoms with Gasteiger partial charge >= 0.3 is 11.7 Å². The summed E-state index contributed by atoms with van der Waals surface area (Å²) in [7, 11) is 2.21. The van der Waals surface area contributed by atoms with E-state index in [1.165, 1.54) is 64.4 Å². The van der Waals surface area contributed by atoms with E-state index in [1.54, 1.807) is 11.0 Å². The van der Waals surface area contributed by atoms with Crippen molar-refractivity contribution in [2.24, 2.45) is 5.41 Å². The fourth-order valence-corrected chi connectivity index (χ4v) is 12.8. The molecule has 1 spiro atoms. The third kappa shape index (κ3) is 10.1. The number of benzene rings is 4. The summed E-state index contributed by atoms with van der Waals surface area (Å²) in [4.78, 5) is 50.3. The minimum Gasteiger partial charge on any atom is -0.508 e. The third-order valence-corrected chi connectivity index (χ3v) is 17.3. The van der Waals surface area contributed by atoms with Crippen LogP contribution in [-0.2, 0) is 24.3 Å². The number of hydrogen-bond donors (Lipinski definition) is 3. The van der Waals surface area contributed by atoms with E-state index in [0.717, 1.165) is 75.7 Å². The first-order chi connectivity index (χ1) is 36.9. The number of anilines is 2. The maximum Gasteiger partial charge on any atom is 0.348 e. The summed E-state index contributed by atoms with van der Waals surface area (Å²) in [5.41, 5.74) is 6.07. The van der Waals surface area contributed by atoms with Crippen molar-refractivity contribution in [3.63, 3.8) is 0 Å². The number of nitrogens with one attached hydrogen (secondary N) is 1. The minimum atomic E-state index is -0.404. The van der Waals surface area contributed by atoms with Gasteiger partial charge in [0.05, 0.1) is 42.0 Å². The van der Waals surface area contributed by atoms with Gasteiger partial charge in [-0.15, -0.1) is 0 Å². The Morgan fingerprint density at radius 3 is 2.43 bits per heavy atom. The maximum absolute atomic E-state index is 13.0. The molecule has 0 radical (unpaired) electrons. The van der Waals surface area contributed by atoms with Crippen LogP contribution in [0.1, 0.15) is 80.7 Å². The highest BCUT2D eigenvalue weighted by Gasteiger charge is 2.42. The molecular weight excluding hydrogens is 957 g/mol. The highest BCUT2D eigenvalue weighted by Crippen LogP contribution is 2.43. The summed E-state index contributed by atoms with van der Waals surface area (Å²) in [5, 5.41) is 40.2. The highest BCUT2D eigenvalue weighted by molar-refractivity contribution is 5.94. The van der Waals surface area contributed by atoms with Gasteiger partial charge in [0.1, 0.15) is 23.9 Å². The largest absolute Gasteiger partial charge is 0.508 e. The van der Waals surface area contributed by atoms with Crippen LogP contribution in [0.25, 0.3) is 27.8 Å². The van der Waals surface area contributed by atoms with E-state index in [-0.39, 0.29) is 47.7 Å². The molecule has 0 unspecified atom stereocenters. The van der Waals surface area contributed by atoms with Gasteiger partial charge in [-0.1, -0.05) is 69.0 Å². The summed E-state index contributed by atoms with van der Waals surface area (Å²) in [6, 6.07) is 29.1. The predicted octanol–water partition coefficient (Wildman–Crippen LogP) is 7.21. The van der Waals surface area contributed by atoms with Crippen LogP contribution >= 0.6 is 0 Å². The lowest BCUT2D eigenvalue weighted by Gasteiger charge is -2.48. The van der Waals surface area contributed by atoms with Gasteiger partial charge in [-0.05, 0) is 130 Å². The number of piperidine rings is 2. The Hall–Kier alpha value is -7.26. The van der Waals surface area contributed by atoms with Gasteiger partial charge < -0.3 is 29.6 Å². The maximum atomic E-state index is 13.0. The monoisotopic (exact) mass is 1030 g/mol. The number of aromatic nitrogens is 5. The molecule has 0 aliphatic carbocycles. The molecule has 76 heavy (non-hydrogen) atoms. The van der Waals surface area contributed by atoms with Crippen LogP contribution in [-0.4, -0.2) is 151 Å². The number of hydrogen-bond acceptors (Lipinski definition) is 14. The number of phenols is 2. The number of nitriles is 1. The SMILES string of the molecule is C=CC(=O)N1CCN(c2nc(OC[C@@H]3C[C@H](N4CCC5(CCN(Cc6ccc(-n7c(-c8cc(C(C)C)c(O)cc8O)n[nH]c7=O)cc6)CC5)CC4)CN3C)nc3c2CCN(c2cccc4ccccc24)C3)C[C@@H]1CC#N. The Bertz CT molecular complexity index is 3200. The van der Waals surface area contributed by atoms with E-state index in [9.17, 15) is 25.1 Å². The molecule has 3 atom stereocenters. The zero-order valence-electron chi connectivity index (χ0n) is 44.1. The Morgan fingerprint density at radius 1 is 0.908 bits per heavy atom. The standard InChI is InChI=1S/C59H70N12O5/c1-5-54(74)70-30-29-69(36-43(70)17-23-60)55-47-18-24-68(51-12-8-10-41-9-6-7-11-46(41)51)37-50(47)61-57(62-55)76-38-45-31-44(35-65(45)4)67-27-21-59(22-28-67)19-25-66(26-20-59)34-40-13-15-42(16-14-40)71-56(63-64-58(71)75)49-32-48(39(2)3)52(72)33-53(49)73/h5-16,32-33,39,43-45,72-73H,1,17-22,24-31,34-38H2,2-4H3,(H,64,75)/t43-,44-,45-/m0/s1. The molecule has 6 aromatic rings. The predicted molar refractivity (Wildman–Crippen MR) is 294 cm³/mol. The fraction of sp³-hybridized carbons (Fsp3) is 0.458. The van der Waals surface area contributed by atoms with Crippen molar-refractivity contribution in [1.82, 2.24) is 44.3 Å². The number of ether oxygens (including phenoxy) is 1. The summed E-state index contributed by atoms with van der Waals surface area (Å²) in [5.74, 6) is 0.857. The van der Waals surface area contributed by atoms with Crippen LogP contribution in [0.3, 0.4) is 0 Å². The van der Waals surface area contributed by atoms with Crippen LogP contribution in [0.15, 0.2) is 96.3 Å². The molecule has 3 N–H and O–H groups in total. The number of nitrogens with zero attached hydrogens (tertiary/aromatic N) is 11. The Morgan fingerprint density at radius 2 is 1.67 bits per heavy atom. The molecule has 0 bridgehead atoms. The van der Waals surface area contributed by atoms with E-state index in [1.807, 2.05) is 26.0 Å². The molecule has 0 saturated carbocycles. The van der Waals surface area contributed by atoms with E-state index in [4.69, 9.17) is 14.7 Å². The van der Waals surface area contributed by atoms with Crippen molar-refractivity contribution in [3.05, 3.63) is 124 Å². The lowest BCUT2D eigenvalue weighted by Crippen LogP contribution is -2.55. The number of likely N-dealkylation sites (tertiary alicyclic amines) is 3. The van der Waals surface area contributed by atoms with Crippen LogP contribution in [0.4, 0.5) is 11.5 Å². The van der Waals surface area contributed by atoms with Crippen LogP contribution in [0, 0.1) is 16.7 Å². The number of fused-ring (bicyclic) bond motifs is 2. The number of piperazine rings is 1. The zero-order chi connectivity index (χ0) is 52.7. The van der Waals surface area contributed by atoms with Gasteiger partial charge in [0.25, 0.3) is 0 Å². The average Bonchev–Trinajstić information content (AvgIpc) is 4.01. The first-order valence-electron chi connectivity index (χ1n) is 27.2. The van der Waals surface area contributed by atoms with Crippen molar-refractivity contribution in [2.75, 3.05) is 82.4 Å². The normalized spacial score (nSPS) is 21.3. The molecule has 7 heterocycles. The van der Waals surface area contributed by atoms with Crippen LogP contribution in [0.2, 0.25) is 0 Å². The molecule has 4 saturated heterocycles. The van der Waals surface area contributed by atoms with Crippen molar-refractivity contribution in [3.8, 4) is 40.7 Å². The van der Waals surface area contributed by atoms with E-state index in [2.05, 4.69) is 109 Å². The Balaban J connectivity index is 0.706. The first-order valence-corrected chi connectivity index (χ1v) is 27.2. The van der Waals surface area contributed by atoms with E-state index >= 15 is 0 Å². The molecule has 4 aromatic carbocycles. The van der Waals surface area contributed by atoms with Crippen molar-refractivity contribution in [1.29, 1.82) is 5.26 Å². The number of amides is 1. The lowest BCUT2D eigenvalue weighted by atomic mass is 9.71. The number of rotatable bonds is 13. The molecule has 17 nitrogen and oxygen atoms in total. The van der Waals surface area contributed by atoms with Gasteiger partial charge in [-0.3, -0.25) is 19.5 Å². The quantitative estimate of drug-likeness (QED) is 0.0986. The van der Waals surface area contributed by atoms with E-state index in [0.29, 0.717) is 67.1 Å². The second-order valence-corrected chi connectivity index (χ2v) is 22.2. The number of H-pyrrole nitrogens is 1. The van der Waals surface area contributed by atoms with Crippen molar-refractivity contribution in [2.45, 2.75) is 95.9 Å². The average molecular weight is 1030 g/mol. The second-order valence-electron chi connectivity index (χ2n) is 22.2. The molecule has 396 valence electrons. The number of carbonyl (C=O) groups excluding carboxylic acids is 1. The zero-order valence-corrected chi connectivity index (χ0v) is 44.1. The summed E-state index contributed by atoms with van der Waals surface area (Å²) < 4.78 is 8.13. The summed E-state index contributed by atoms with van der Waals surface area (Å²) in [6.45, 7) is 17.3. The van der Waals surface area contributed by atoms with Gasteiger partial charge in [-0.25, -0.2) is 14.5 Å². The van der Waals surface area contributed by atoms with Crippen molar-refractivity contribution >= 4 is 28.2 Å². The van der Waals surface area contributed by atoms with Gasteiger partial charge in [0.15, 0.2) is 5.82 Å². The van der Waals surface area contributed by atoms with Gasteiger partial charge in [0, 0.05) is 74.1 Å². The number of phenolic OH excluding ortho intramolecular Hbond substituents is 2. The van der Waals surface area contributed by atoms with Gasteiger partial charge in [-0.2, -0.15) is 20.3 Å². The number of carbonyl (C=O) groups is 1. The molecule has 5 aliphatic rings. The van der Waals surface area contributed by atoms with Crippen LogP contribution < -0.4 is 20.2 Å². The summed E-state index contributed by atoms with van der Waals surface area (Å²) >= 11 is 0. The fourth-order valence-electron chi connectivity index (χ4n) is 12.8. The molecule has 5 aliphatic heterocycles. The minimum absolute atomic E-state index is 0.00830. The molecule has 1 amide bonds. The number of likely N-dealkylation sites (N-methyl/N-ethyl adjacent to an activating group) is 1. The molecule has 17 heteroatoms. The highest BCUT2D eigenvalue weighted by atomic mass is 16.5. The molecule has 11 rings (SSSR count). The number of aromatic hydroxyl groups is 2. The summed E-state index contributed by atoms with van der Waals surface area (Å²) in [6.07, 6.45) is 8.14. The third-order valence-electron chi connectivity index (χ3n) is 17.3. The van der Waals surface area contributed by atoms with Gasteiger partial charge in [0.2, 0.25) is 5.91 Å². The first kappa shape index (κ1) is 50.9. The Labute approximate surface area is 444 Å². The topological polar surface area (TPSA) is 186 Å². The second kappa shape index (κ2) is 21.4. The van der Waals surface area contributed by atoms with Crippen LogP contribution in [0.5, 0.6) is 17.5 Å². The number of aromatic amines is 1. The van der Waals surface area contributed by atoms with Crippen molar-refractivity contribution < 1.29 is 19.7 Å². The molecule has 2 aromatic heterocycles. The molecular formula is C59H70N12O5. The molecule has 4 fully saturated rings. The van der Waals surface area contributed by atoms with E-state index < -0.39 is 5.69 Å².